The third kappa shape index (κ3) is 4.24. The zero-order valence-corrected chi connectivity index (χ0v) is 16.8. The lowest BCUT2D eigenvalue weighted by Crippen LogP contribution is -2.25. The molecule has 0 saturated heterocycles. The quantitative estimate of drug-likeness (QED) is 0.462. The molecule has 1 saturated carbocycles. The highest BCUT2D eigenvalue weighted by molar-refractivity contribution is 5.94. The highest BCUT2D eigenvalue weighted by Gasteiger charge is 2.23. The van der Waals surface area contributed by atoms with Gasteiger partial charge in [-0.15, -0.1) is 10.2 Å². The summed E-state index contributed by atoms with van der Waals surface area (Å²) in [6, 6.07) is 9.24. The molecule has 0 spiro atoms. The molecule has 1 fully saturated rings. The molecule has 5 rings (SSSR count). The molecule has 31 heavy (non-hydrogen) atoms. The van der Waals surface area contributed by atoms with E-state index >= 15 is 0 Å². The van der Waals surface area contributed by atoms with Crippen molar-refractivity contribution in [2.75, 3.05) is 7.11 Å². The van der Waals surface area contributed by atoms with Crippen LogP contribution in [0, 0.1) is 0 Å². The zero-order valence-electron chi connectivity index (χ0n) is 16.8. The van der Waals surface area contributed by atoms with Crippen molar-refractivity contribution in [3.05, 3.63) is 59.7 Å². The van der Waals surface area contributed by atoms with Gasteiger partial charge in [-0.25, -0.2) is 0 Å². The van der Waals surface area contributed by atoms with Crippen LogP contribution in [-0.4, -0.2) is 43.8 Å². The van der Waals surface area contributed by atoms with E-state index in [4.69, 9.17) is 14.0 Å². The van der Waals surface area contributed by atoms with Crippen molar-refractivity contribution in [1.82, 2.24) is 30.1 Å². The maximum Gasteiger partial charge on any atom is 0.253 e. The number of carbonyl (C=O) groups excluding carboxylic acids is 1. The Labute approximate surface area is 177 Å². The average Bonchev–Trinajstić information content (AvgIpc) is 3.31. The molecule has 0 aromatic carbocycles. The van der Waals surface area contributed by atoms with E-state index < -0.39 is 0 Å². The van der Waals surface area contributed by atoms with Crippen molar-refractivity contribution < 1.29 is 18.8 Å². The van der Waals surface area contributed by atoms with Crippen molar-refractivity contribution in [1.29, 1.82) is 0 Å². The number of carbonyl (C=O) groups is 1. The first-order valence-corrected chi connectivity index (χ1v) is 9.88. The standard InChI is InChI=1S/C21H20N6O4/c1-29-12-17-8-18(26-31-17)20-25-24-19-7-6-16(10-27(19)20)30-11-15-3-2-13(9-22-15)21(28)23-14-4-5-14/h2-3,6-10,14H,4-5,11-12H2,1H3,(H,23,28). The molecule has 4 heterocycles. The molecular formula is C21H20N6O4. The molecular weight excluding hydrogens is 400 g/mol. The number of nitrogens with zero attached hydrogens (tertiary/aromatic N) is 5. The normalized spacial score (nSPS) is 13.5. The molecule has 1 amide bonds. The molecule has 1 aliphatic carbocycles. The molecule has 4 aromatic rings. The van der Waals surface area contributed by atoms with E-state index in [1.807, 2.05) is 6.07 Å². The highest BCUT2D eigenvalue weighted by Crippen LogP contribution is 2.22. The fraction of sp³-hybridized carbons (Fsp3) is 0.286. The maximum absolute atomic E-state index is 12.1. The summed E-state index contributed by atoms with van der Waals surface area (Å²) in [5.74, 6) is 1.67. The van der Waals surface area contributed by atoms with Crippen molar-refractivity contribution in [2.45, 2.75) is 32.1 Å². The molecule has 10 heteroatoms. The number of hydrogen-bond donors (Lipinski definition) is 1. The predicted molar refractivity (Wildman–Crippen MR) is 108 cm³/mol. The Morgan fingerprint density at radius 1 is 1.23 bits per heavy atom. The minimum Gasteiger partial charge on any atom is -0.486 e. The van der Waals surface area contributed by atoms with Crippen LogP contribution in [0.5, 0.6) is 5.75 Å². The van der Waals surface area contributed by atoms with Gasteiger partial charge in [0.25, 0.3) is 5.91 Å². The van der Waals surface area contributed by atoms with Crippen LogP contribution in [0.25, 0.3) is 17.2 Å². The van der Waals surface area contributed by atoms with Crippen molar-refractivity contribution in [3.8, 4) is 17.3 Å². The number of methoxy groups -OCH3 is 1. The van der Waals surface area contributed by atoms with Gasteiger partial charge in [-0.1, -0.05) is 5.16 Å². The molecule has 0 aliphatic heterocycles. The molecule has 158 valence electrons. The lowest BCUT2D eigenvalue weighted by atomic mass is 10.2. The van der Waals surface area contributed by atoms with E-state index in [9.17, 15) is 4.79 Å². The van der Waals surface area contributed by atoms with Crippen LogP contribution < -0.4 is 10.1 Å². The lowest BCUT2D eigenvalue weighted by Gasteiger charge is -2.07. The Morgan fingerprint density at radius 2 is 2.13 bits per heavy atom. The Kier molecular flexibility index (Phi) is 5.04. The van der Waals surface area contributed by atoms with E-state index in [1.165, 1.54) is 0 Å². The summed E-state index contributed by atoms with van der Waals surface area (Å²) in [7, 11) is 1.59. The number of nitrogens with one attached hydrogen (secondary N) is 1. The molecule has 0 atom stereocenters. The number of amides is 1. The smallest absolute Gasteiger partial charge is 0.253 e. The van der Waals surface area contributed by atoms with E-state index in [0.717, 1.165) is 12.8 Å². The fourth-order valence-corrected chi connectivity index (χ4v) is 3.06. The van der Waals surface area contributed by atoms with Gasteiger partial charge in [0.05, 0.1) is 17.5 Å². The van der Waals surface area contributed by atoms with Gasteiger partial charge in [-0.3, -0.25) is 14.2 Å². The van der Waals surface area contributed by atoms with Crippen LogP contribution in [0.3, 0.4) is 0 Å². The molecule has 1 aliphatic rings. The summed E-state index contributed by atoms with van der Waals surface area (Å²) < 4.78 is 18.0. The second-order valence-electron chi connectivity index (χ2n) is 7.30. The van der Waals surface area contributed by atoms with Gasteiger partial charge in [-0.05, 0) is 37.1 Å². The van der Waals surface area contributed by atoms with Crippen molar-refractivity contribution in [3.63, 3.8) is 0 Å². The average molecular weight is 420 g/mol. The first kappa shape index (κ1) is 19.2. The summed E-state index contributed by atoms with van der Waals surface area (Å²) in [4.78, 5) is 16.4. The zero-order chi connectivity index (χ0) is 21.2. The predicted octanol–water partition coefficient (Wildman–Crippen LogP) is 2.40. The van der Waals surface area contributed by atoms with Gasteiger partial charge in [0.15, 0.2) is 22.9 Å². The van der Waals surface area contributed by atoms with Crippen LogP contribution in [0.4, 0.5) is 0 Å². The first-order valence-electron chi connectivity index (χ1n) is 9.88. The number of aromatic nitrogens is 5. The number of rotatable bonds is 8. The van der Waals surface area contributed by atoms with E-state index in [2.05, 4.69) is 25.7 Å². The van der Waals surface area contributed by atoms with Crippen molar-refractivity contribution >= 4 is 11.6 Å². The summed E-state index contributed by atoms with van der Waals surface area (Å²) >= 11 is 0. The second kappa shape index (κ2) is 8.15. The van der Waals surface area contributed by atoms with Gasteiger partial charge in [0.2, 0.25) is 0 Å². The van der Waals surface area contributed by atoms with Crippen LogP contribution in [0.1, 0.15) is 34.7 Å². The summed E-state index contributed by atoms with van der Waals surface area (Å²) in [5.41, 5.74) is 2.47. The molecule has 0 unspecified atom stereocenters. The third-order valence-electron chi connectivity index (χ3n) is 4.84. The summed E-state index contributed by atoms with van der Waals surface area (Å²) in [6.45, 7) is 0.585. The summed E-state index contributed by atoms with van der Waals surface area (Å²) in [6.07, 6.45) is 5.45. The van der Waals surface area contributed by atoms with Crippen LogP contribution in [0.15, 0.2) is 47.2 Å². The number of hydrogen-bond acceptors (Lipinski definition) is 8. The van der Waals surface area contributed by atoms with Gasteiger partial charge < -0.3 is 19.3 Å². The first-order chi connectivity index (χ1) is 15.2. The minimum atomic E-state index is -0.0884. The molecule has 4 aromatic heterocycles. The Balaban J connectivity index is 1.28. The maximum atomic E-state index is 12.1. The Bertz CT molecular complexity index is 1210. The van der Waals surface area contributed by atoms with Gasteiger partial charge >= 0.3 is 0 Å². The SMILES string of the molecule is COCc1cc(-c2nnc3ccc(OCc4ccc(C(=O)NC5CC5)cn4)cn23)no1. The Morgan fingerprint density at radius 3 is 2.90 bits per heavy atom. The largest absolute Gasteiger partial charge is 0.486 e. The Hall–Kier alpha value is -3.79. The number of fused-ring (bicyclic) bond motifs is 1. The van der Waals surface area contributed by atoms with E-state index in [1.54, 1.807) is 48.2 Å². The number of pyridine rings is 2. The third-order valence-corrected chi connectivity index (χ3v) is 4.84. The molecule has 0 bridgehead atoms. The van der Waals surface area contributed by atoms with E-state index in [0.29, 0.717) is 52.6 Å². The second-order valence-corrected chi connectivity index (χ2v) is 7.30. The van der Waals surface area contributed by atoms with Crippen LogP contribution in [0.2, 0.25) is 0 Å². The minimum absolute atomic E-state index is 0.0884. The highest BCUT2D eigenvalue weighted by atomic mass is 16.5. The molecule has 1 N–H and O–H groups in total. The van der Waals surface area contributed by atoms with Gasteiger partial charge in [-0.2, -0.15) is 0 Å². The van der Waals surface area contributed by atoms with E-state index in [-0.39, 0.29) is 12.5 Å². The van der Waals surface area contributed by atoms with Gasteiger partial charge in [0.1, 0.15) is 19.0 Å². The lowest BCUT2D eigenvalue weighted by molar-refractivity contribution is 0.0950. The monoisotopic (exact) mass is 420 g/mol. The topological polar surface area (TPSA) is 117 Å². The molecule has 10 nitrogen and oxygen atoms in total. The summed E-state index contributed by atoms with van der Waals surface area (Å²) in [5, 5.41) is 15.3. The van der Waals surface area contributed by atoms with Gasteiger partial charge in [0, 0.05) is 25.4 Å². The molecule has 0 radical (unpaired) electrons. The van der Waals surface area contributed by atoms with Crippen LogP contribution in [-0.2, 0) is 18.0 Å². The van der Waals surface area contributed by atoms with Crippen molar-refractivity contribution in [2.24, 2.45) is 0 Å². The van der Waals surface area contributed by atoms with Crippen LogP contribution >= 0.6 is 0 Å². The fourth-order valence-electron chi connectivity index (χ4n) is 3.06. The number of ether oxygens (including phenoxy) is 2.